The highest BCUT2D eigenvalue weighted by atomic mass is 32.2. The number of aromatic nitrogens is 2. The Balaban J connectivity index is 2.12. The second kappa shape index (κ2) is 9.73. The molecule has 3 N–H and O–H groups in total. The second-order valence-corrected chi connectivity index (χ2v) is 8.71. The lowest BCUT2D eigenvalue weighted by atomic mass is 9.84. The third-order valence-electron chi connectivity index (χ3n) is 4.22. The molecule has 0 saturated carbocycles. The number of hydrogen-bond acceptors (Lipinski definition) is 6. The van der Waals surface area contributed by atoms with Crippen LogP contribution in [0.25, 0.3) is 0 Å². The van der Waals surface area contributed by atoms with Gasteiger partial charge < -0.3 is 15.7 Å². The summed E-state index contributed by atoms with van der Waals surface area (Å²) in [5.74, 6) is 0.285. The van der Waals surface area contributed by atoms with Crippen LogP contribution < -0.4 is 10.6 Å². The Labute approximate surface area is 175 Å². The van der Waals surface area contributed by atoms with Crippen molar-refractivity contribution in [1.29, 1.82) is 0 Å². The molecule has 0 aliphatic heterocycles. The van der Waals surface area contributed by atoms with Gasteiger partial charge in [-0.25, -0.2) is 9.97 Å². The molecule has 2 rings (SSSR count). The molecule has 7 nitrogen and oxygen atoms in total. The predicted molar refractivity (Wildman–Crippen MR) is 116 cm³/mol. The van der Waals surface area contributed by atoms with E-state index < -0.39 is 5.41 Å². The van der Waals surface area contributed by atoms with Crippen molar-refractivity contribution in [1.82, 2.24) is 9.97 Å². The molecular formula is C21H28N4O3S. The zero-order valence-corrected chi connectivity index (χ0v) is 18.3. The van der Waals surface area contributed by atoms with Crippen molar-refractivity contribution in [2.45, 2.75) is 51.0 Å². The normalized spacial score (nSPS) is 11.4. The quantitative estimate of drug-likeness (QED) is 0.557. The lowest BCUT2D eigenvalue weighted by Crippen LogP contribution is -2.27. The SMILES string of the molecule is CSc1cccc(NC(=O)CC(C)(C)c2ccc(O)c(NC(=O)CC(C)C)n2)n1. The second-order valence-electron chi connectivity index (χ2n) is 7.88. The number of thioether (sulfide) groups is 1. The van der Waals surface area contributed by atoms with E-state index in [9.17, 15) is 14.7 Å². The fourth-order valence-electron chi connectivity index (χ4n) is 2.75. The van der Waals surface area contributed by atoms with Crippen LogP contribution in [0.3, 0.4) is 0 Å². The van der Waals surface area contributed by atoms with Crippen LogP contribution in [0.15, 0.2) is 35.4 Å². The highest BCUT2D eigenvalue weighted by molar-refractivity contribution is 7.98. The molecule has 2 amide bonds. The van der Waals surface area contributed by atoms with Crippen molar-refractivity contribution in [3.63, 3.8) is 0 Å². The number of anilines is 2. The Kier molecular flexibility index (Phi) is 7.61. The van der Waals surface area contributed by atoms with E-state index in [1.54, 1.807) is 12.1 Å². The molecule has 29 heavy (non-hydrogen) atoms. The average molecular weight is 417 g/mol. The van der Waals surface area contributed by atoms with E-state index in [-0.39, 0.29) is 35.7 Å². The van der Waals surface area contributed by atoms with Crippen molar-refractivity contribution in [3.8, 4) is 5.75 Å². The first-order valence-electron chi connectivity index (χ1n) is 9.42. The standard InChI is InChI=1S/C21H28N4O3S/c1-13(2)11-17(27)25-20-14(26)9-10-15(22-20)21(3,4)12-18(28)23-16-7-6-8-19(24-16)29-5/h6-10,13,26H,11-12H2,1-5H3,(H,22,25,27)(H,23,24,28). The molecule has 0 atom stereocenters. The van der Waals surface area contributed by atoms with E-state index in [0.29, 0.717) is 17.9 Å². The number of carbonyl (C=O) groups excluding carboxylic acids is 2. The summed E-state index contributed by atoms with van der Waals surface area (Å²) in [6.45, 7) is 7.65. The molecule has 2 aromatic heterocycles. The van der Waals surface area contributed by atoms with E-state index >= 15 is 0 Å². The maximum atomic E-state index is 12.5. The molecule has 156 valence electrons. The minimum absolute atomic E-state index is 0.107. The molecule has 0 aliphatic carbocycles. The van der Waals surface area contributed by atoms with Gasteiger partial charge in [0.05, 0.1) is 5.03 Å². The van der Waals surface area contributed by atoms with E-state index in [1.165, 1.54) is 17.8 Å². The van der Waals surface area contributed by atoms with Crippen LogP contribution in [0.5, 0.6) is 5.75 Å². The van der Waals surface area contributed by atoms with Gasteiger partial charge in [-0.2, -0.15) is 0 Å². The van der Waals surface area contributed by atoms with Gasteiger partial charge in [-0.15, -0.1) is 11.8 Å². The van der Waals surface area contributed by atoms with Crippen molar-refractivity contribution in [2.24, 2.45) is 5.92 Å². The maximum Gasteiger partial charge on any atom is 0.226 e. The Morgan fingerprint density at radius 3 is 2.48 bits per heavy atom. The Bertz CT molecular complexity index is 884. The monoisotopic (exact) mass is 416 g/mol. The van der Waals surface area contributed by atoms with E-state index in [1.807, 2.05) is 46.1 Å². The molecule has 2 heterocycles. The summed E-state index contributed by atoms with van der Waals surface area (Å²) in [7, 11) is 0. The lowest BCUT2D eigenvalue weighted by Gasteiger charge is -2.24. The summed E-state index contributed by atoms with van der Waals surface area (Å²) in [6, 6.07) is 8.60. The number of aromatic hydroxyl groups is 1. The minimum Gasteiger partial charge on any atom is -0.504 e. The van der Waals surface area contributed by atoms with Gasteiger partial charge in [0.25, 0.3) is 0 Å². The third-order valence-corrected chi connectivity index (χ3v) is 4.87. The first-order valence-corrected chi connectivity index (χ1v) is 10.6. The number of nitrogens with zero attached hydrogens (tertiary/aromatic N) is 2. The summed E-state index contributed by atoms with van der Waals surface area (Å²) in [6.07, 6.45) is 2.42. The summed E-state index contributed by atoms with van der Waals surface area (Å²) in [5.41, 5.74) is -0.0250. The number of nitrogens with one attached hydrogen (secondary N) is 2. The number of carbonyl (C=O) groups is 2. The van der Waals surface area contributed by atoms with Gasteiger partial charge in [0.2, 0.25) is 11.8 Å². The molecule has 0 spiro atoms. The maximum absolute atomic E-state index is 12.5. The molecule has 8 heteroatoms. The van der Waals surface area contributed by atoms with Gasteiger partial charge in [0, 0.05) is 24.0 Å². The Hall–Kier alpha value is -2.61. The van der Waals surface area contributed by atoms with Crippen LogP contribution in [0.2, 0.25) is 0 Å². The first-order chi connectivity index (χ1) is 13.6. The van der Waals surface area contributed by atoms with Gasteiger partial charge >= 0.3 is 0 Å². The molecule has 2 aromatic rings. The highest BCUT2D eigenvalue weighted by Gasteiger charge is 2.27. The van der Waals surface area contributed by atoms with Gasteiger partial charge in [-0.1, -0.05) is 33.8 Å². The topological polar surface area (TPSA) is 104 Å². The number of rotatable bonds is 8. The largest absolute Gasteiger partial charge is 0.504 e. The van der Waals surface area contributed by atoms with Crippen molar-refractivity contribution in [3.05, 3.63) is 36.0 Å². The highest BCUT2D eigenvalue weighted by Crippen LogP contribution is 2.30. The Morgan fingerprint density at radius 1 is 1.10 bits per heavy atom. The third kappa shape index (κ3) is 6.74. The zero-order chi connectivity index (χ0) is 21.6. The molecule has 0 fully saturated rings. The van der Waals surface area contributed by atoms with Gasteiger partial charge in [0.1, 0.15) is 5.82 Å². The summed E-state index contributed by atoms with van der Waals surface area (Å²) in [4.78, 5) is 33.3. The Morgan fingerprint density at radius 2 is 1.83 bits per heavy atom. The fraction of sp³-hybridized carbons (Fsp3) is 0.429. The smallest absolute Gasteiger partial charge is 0.226 e. The molecule has 0 bridgehead atoms. The number of amides is 2. The summed E-state index contributed by atoms with van der Waals surface area (Å²) in [5, 5.41) is 16.3. The van der Waals surface area contributed by atoms with Crippen molar-refractivity contribution >= 4 is 35.2 Å². The van der Waals surface area contributed by atoms with E-state index in [2.05, 4.69) is 20.6 Å². The lowest BCUT2D eigenvalue weighted by molar-refractivity contribution is -0.118. The predicted octanol–water partition coefficient (Wildman–Crippen LogP) is 4.20. The fourth-order valence-corrected chi connectivity index (χ4v) is 3.16. The van der Waals surface area contributed by atoms with Crippen LogP contribution in [-0.4, -0.2) is 33.1 Å². The molecule has 0 aromatic carbocycles. The molecule has 0 radical (unpaired) electrons. The first kappa shape index (κ1) is 22.7. The van der Waals surface area contributed by atoms with Gasteiger partial charge in [-0.3, -0.25) is 9.59 Å². The number of pyridine rings is 2. The zero-order valence-electron chi connectivity index (χ0n) is 17.4. The van der Waals surface area contributed by atoms with Crippen LogP contribution in [0.1, 0.15) is 46.2 Å². The summed E-state index contributed by atoms with van der Waals surface area (Å²) < 4.78 is 0. The van der Waals surface area contributed by atoms with Crippen molar-refractivity contribution < 1.29 is 14.7 Å². The van der Waals surface area contributed by atoms with Gasteiger partial charge in [0.15, 0.2) is 11.6 Å². The molecular weight excluding hydrogens is 388 g/mol. The van der Waals surface area contributed by atoms with Crippen LogP contribution in [-0.2, 0) is 15.0 Å². The van der Waals surface area contributed by atoms with E-state index in [4.69, 9.17) is 0 Å². The number of hydrogen-bond donors (Lipinski definition) is 3. The summed E-state index contributed by atoms with van der Waals surface area (Å²) >= 11 is 1.50. The van der Waals surface area contributed by atoms with Crippen molar-refractivity contribution in [2.75, 3.05) is 16.9 Å². The van der Waals surface area contributed by atoms with Crippen LogP contribution >= 0.6 is 11.8 Å². The molecule has 0 aliphatic rings. The molecule has 0 saturated heterocycles. The average Bonchev–Trinajstić information content (AvgIpc) is 2.62. The minimum atomic E-state index is -0.619. The molecule has 0 unspecified atom stereocenters. The van der Waals surface area contributed by atoms with E-state index in [0.717, 1.165) is 5.03 Å². The van der Waals surface area contributed by atoms with Crippen LogP contribution in [0, 0.1) is 5.92 Å². The van der Waals surface area contributed by atoms with Crippen LogP contribution in [0.4, 0.5) is 11.6 Å². The van der Waals surface area contributed by atoms with Gasteiger partial charge in [-0.05, 0) is 36.4 Å².